The van der Waals surface area contributed by atoms with Crippen molar-refractivity contribution < 1.29 is 24.2 Å². The smallest absolute Gasteiger partial charge is 0.367 e. The largest absolute Gasteiger partial charge is 0.480 e. The highest BCUT2D eigenvalue weighted by Crippen LogP contribution is 2.27. The summed E-state index contributed by atoms with van der Waals surface area (Å²) in [6.45, 7) is 6.98. The van der Waals surface area contributed by atoms with Crippen LogP contribution in [0.25, 0.3) is 0 Å². The summed E-state index contributed by atoms with van der Waals surface area (Å²) in [7, 11) is 0. The van der Waals surface area contributed by atoms with E-state index in [4.69, 9.17) is 4.74 Å². The minimum absolute atomic E-state index is 0.176. The Labute approximate surface area is 139 Å². The average Bonchev–Trinajstić information content (AvgIpc) is 2.48. The van der Waals surface area contributed by atoms with E-state index in [1.807, 2.05) is 32.0 Å². The number of carbonyl (C=O) groups excluding carboxylic acids is 2. The number of thioether (sulfide) groups is 1. The van der Waals surface area contributed by atoms with Gasteiger partial charge in [-0.15, -0.1) is 0 Å². The number of para-hydroxylation sites is 1. The average molecular weight is 339 g/mol. The number of carbonyl (C=O) groups is 3. The van der Waals surface area contributed by atoms with Crippen molar-refractivity contribution in [1.82, 2.24) is 0 Å². The molecule has 0 aliphatic rings. The highest BCUT2D eigenvalue weighted by Gasteiger charge is 2.29. The number of anilines is 1. The van der Waals surface area contributed by atoms with Crippen LogP contribution in [0.1, 0.15) is 25.0 Å². The van der Waals surface area contributed by atoms with Gasteiger partial charge < -0.3 is 9.84 Å². The highest BCUT2D eigenvalue weighted by atomic mass is 32.2. The van der Waals surface area contributed by atoms with Gasteiger partial charge in [-0.05, 0) is 50.6 Å². The molecule has 0 bridgehead atoms. The van der Waals surface area contributed by atoms with E-state index in [2.05, 4.69) is 0 Å². The van der Waals surface area contributed by atoms with Crippen LogP contribution in [0, 0.1) is 13.8 Å². The topological polar surface area (TPSA) is 83.9 Å². The van der Waals surface area contributed by atoms with Crippen molar-refractivity contribution in [2.24, 2.45) is 0 Å². The van der Waals surface area contributed by atoms with Crippen molar-refractivity contribution in [2.75, 3.05) is 17.3 Å². The van der Waals surface area contributed by atoms with E-state index in [1.54, 1.807) is 6.92 Å². The third kappa shape index (κ3) is 4.99. The Hall–Kier alpha value is -2.02. The van der Waals surface area contributed by atoms with Gasteiger partial charge in [-0.3, -0.25) is 9.69 Å². The molecule has 6 nitrogen and oxygen atoms in total. The zero-order valence-corrected chi connectivity index (χ0v) is 14.5. The molecule has 0 aromatic heterocycles. The monoisotopic (exact) mass is 339 g/mol. The fourth-order valence-electron chi connectivity index (χ4n) is 2.18. The SMILES string of the molecule is CCOC(=O)SCC(=O)N(c1c(C)cccc1C)C(C)C(=O)O. The van der Waals surface area contributed by atoms with Crippen LogP contribution < -0.4 is 4.90 Å². The van der Waals surface area contributed by atoms with Crippen molar-refractivity contribution in [2.45, 2.75) is 33.7 Å². The van der Waals surface area contributed by atoms with Crippen LogP contribution >= 0.6 is 11.8 Å². The lowest BCUT2D eigenvalue weighted by molar-refractivity contribution is -0.139. The summed E-state index contributed by atoms with van der Waals surface area (Å²) in [5, 5.41) is 8.76. The van der Waals surface area contributed by atoms with E-state index in [1.165, 1.54) is 11.8 Å². The van der Waals surface area contributed by atoms with Crippen LogP contribution in [0.2, 0.25) is 0 Å². The van der Waals surface area contributed by atoms with Gasteiger partial charge in [0.15, 0.2) is 0 Å². The van der Waals surface area contributed by atoms with Crippen molar-refractivity contribution in [3.8, 4) is 0 Å². The maximum Gasteiger partial charge on any atom is 0.367 e. The number of nitrogens with zero attached hydrogens (tertiary/aromatic N) is 1. The molecule has 0 heterocycles. The summed E-state index contributed by atoms with van der Waals surface area (Å²) in [5.74, 6) is -1.73. The summed E-state index contributed by atoms with van der Waals surface area (Å²) < 4.78 is 4.77. The predicted molar refractivity (Wildman–Crippen MR) is 90.0 cm³/mol. The molecule has 0 aliphatic heterocycles. The zero-order chi connectivity index (χ0) is 17.6. The van der Waals surface area contributed by atoms with Gasteiger partial charge >= 0.3 is 11.3 Å². The number of benzene rings is 1. The maximum absolute atomic E-state index is 12.5. The summed E-state index contributed by atoms with van der Waals surface area (Å²) in [5.41, 5.74) is 2.16. The second kappa shape index (κ2) is 8.57. The Morgan fingerprint density at radius 3 is 2.30 bits per heavy atom. The molecule has 0 spiro atoms. The fraction of sp³-hybridized carbons (Fsp3) is 0.438. The van der Waals surface area contributed by atoms with Crippen LogP contribution in [-0.2, 0) is 14.3 Å². The first-order chi connectivity index (χ1) is 10.8. The van der Waals surface area contributed by atoms with E-state index in [-0.39, 0.29) is 12.4 Å². The number of aryl methyl sites for hydroxylation is 2. The first-order valence-corrected chi connectivity index (χ1v) is 8.18. The molecule has 1 aromatic rings. The molecule has 0 radical (unpaired) electrons. The standard InChI is InChI=1S/C16H21NO5S/c1-5-22-16(21)23-9-13(18)17(12(4)15(19)20)14-10(2)7-6-8-11(14)3/h6-8,12H,5,9H2,1-4H3,(H,19,20). The Morgan fingerprint density at radius 2 is 1.83 bits per heavy atom. The lowest BCUT2D eigenvalue weighted by Gasteiger charge is -2.29. The minimum atomic E-state index is -1.11. The Morgan fingerprint density at radius 1 is 1.26 bits per heavy atom. The molecule has 0 saturated carbocycles. The molecule has 1 unspecified atom stereocenters. The quantitative estimate of drug-likeness (QED) is 0.802. The second-order valence-electron chi connectivity index (χ2n) is 4.99. The van der Waals surface area contributed by atoms with Gasteiger partial charge in [-0.2, -0.15) is 0 Å². The summed E-state index contributed by atoms with van der Waals surface area (Å²) in [4.78, 5) is 36.6. The third-order valence-corrected chi connectivity index (χ3v) is 4.01. The molecule has 0 aliphatic carbocycles. The number of amides is 1. The van der Waals surface area contributed by atoms with Gasteiger partial charge in [0.05, 0.1) is 18.0 Å². The summed E-state index contributed by atoms with van der Waals surface area (Å²) in [6.07, 6.45) is 0. The molecule has 126 valence electrons. The summed E-state index contributed by atoms with van der Waals surface area (Å²) >= 11 is 0.728. The van der Waals surface area contributed by atoms with E-state index < -0.39 is 23.2 Å². The first kappa shape index (κ1) is 19.0. The number of hydrogen-bond acceptors (Lipinski definition) is 5. The molecule has 1 atom stereocenters. The second-order valence-corrected chi connectivity index (χ2v) is 5.90. The molecule has 1 N–H and O–H groups in total. The predicted octanol–water partition coefficient (Wildman–Crippen LogP) is 3.00. The van der Waals surface area contributed by atoms with Gasteiger partial charge in [-0.1, -0.05) is 18.2 Å². The van der Waals surface area contributed by atoms with E-state index >= 15 is 0 Å². The van der Waals surface area contributed by atoms with Crippen molar-refractivity contribution in [3.63, 3.8) is 0 Å². The molecule has 1 rings (SSSR count). The molecular weight excluding hydrogens is 318 g/mol. The maximum atomic E-state index is 12.5. The van der Waals surface area contributed by atoms with Gasteiger partial charge in [0.25, 0.3) is 0 Å². The van der Waals surface area contributed by atoms with Crippen LogP contribution in [0.5, 0.6) is 0 Å². The Kier molecular flexibility index (Phi) is 7.09. The van der Waals surface area contributed by atoms with Gasteiger partial charge in [-0.25, -0.2) is 9.59 Å². The Bertz CT molecular complexity index is 582. The van der Waals surface area contributed by atoms with Crippen molar-refractivity contribution in [3.05, 3.63) is 29.3 Å². The number of carboxylic acids is 1. The third-order valence-electron chi connectivity index (χ3n) is 3.27. The van der Waals surface area contributed by atoms with Crippen molar-refractivity contribution in [1.29, 1.82) is 0 Å². The Balaban J connectivity index is 3.09. The van der Waals surface area contributed by atoms with E-state index in [9.17, 15) is 19.5 Å². The molecule has 23 heavy (non-hydrogen) atoms. The lowest BCUT2D eigenvalue weighted by atomic mass is 10.1. The number of aliphatic carboxylic acids is 1. The molecular formula is C16H21NO5S. The highest BCUT2D eigenvalue weighted by molar-refractivity contribution is 8.13. The summed E-state index contributed by atoms with van der Waals surface area (Å²) in [6, 6.07) is 4.44. The fourth-order valence-corrected chi connectivity index (χ4v) is 2.76. The molecule has 1 amide bonds. The van der Waals surface area contributed by atoms with Gasteiger partial charge in [0, 0.05) is 0 Å². The number of ether oxygens (including phenoxy) is 1. The van der Waals surface area contributed by atoms with Crippen LogP contribution in [0.3, 0.4) is 0 Å². The van der Waals surface area contributed by atoms with Crippen LogP contribution in [-0.4, -0.2) is 40.7 Å². The van der Waals surface area contributed by atoms with E-state index in [0.717, 1.165) is 22.9 Å². The van der Waals surface area contributed by atoms with Crippen LogP contribution in [0.15, 0.2) is 18.2 Å². The normalized spacial score (nSPS) is 11.7. The van der Waals surface area contributed by atoms with E-state index in [0.29, 0.717) is 5.69 Å². The van der Waals surface area contributed by atoms with Gasteiger partial charge in [0.1, 0.15) is 6.04 Å². The first-order valence-electron chi connectivity index (χ1n) is 7.20. The van der Waals surface area contributed by atoms with Gasteiger partial charge in [0.2, 0.25) is 5.91 Å². The number of hydrogen-bond donors (Lipinski definition) is 1. The molecule has 0 fully saturated rings. The lowest BCUT2D eigenvalue weighted by Crippen LogP contribution is -2.45. The molecule has 7 heteroatoms. The number of carboxylic acid groups (broad SMARTS) is 1. The molecule has 0 saturated heterocycles. The van der Waals surface area contributed by atoms with Crippen molar-refractivity contribution >= 4 is 34.6 Å². The molecule has 1 aromatic carbocycles. The zero-order valence-electron chi connectivity index (χ0n) is 13.7. The van der Waals surface area contributed by atoms with Crippen LogP contribution in [0.4, 0.5) is 10.5 Å². The minimum Gasteiger partial charge on any atom is -0.480 e. The number of rotatable bonds is 6.